The number of rotatable bonds is 5. The highest BCUT2D eigenvalue weighted by Crippen LogP contribution is 2.28. The molecule has 0 aromatic heterocycles. The molecule has 15 heavy (non-hydrogen) atoms. The molecule has 0 bridgehead atoms. The lowest BCUT2D eigenvalue weighted by Crippen LogP contribution is -2.39. The fraction of sp³-hybridized carbons (Fsp3) is 1.00. The second-order valence-electron chi connectivity index (χ2n) is 5.50. The van der Waals surface area contributed by atoms with Crippen molar-refractivity contribution < 1.29 is 0 Å². The summed E-state index contributed by atoms with van der Waals surface area (Å²) in [6.45, 7) is 2.38. The fourth-order valence-electron chi connectivity index (χ4n) is 2.86. The van der Waals surface area contributed by atoms with Crippen LogP contribution < -0.4 is 11.1 Å². The van der Waals surface area contributed by atoms with E-state index in [4.69, 9.17) is 5.73 Å². The molecule has 3 N–H and O–H groups in total. The Morgan fingerprint density at radius 1 is 1.00 bits per heavy atom. The average Bonchev–Trinajstić information content (AvgIpc) is 2.17. The fourth-order valence-corrected chi connectivity index (χ4v) is 2.86. The summed E-state index contributed by atoms with van der Waals surface area (Å²) in [5.41, 5.74) is 6.12. The molecule has 2 fully saturated rings. The molecule has 88 valence electrons. The summed E-state index contributed by atoms with van der Waals surface area (Å²) in [7, 11) is 0. The summed E-state index contributed by atoms with van der Waals surface area (Å²) in [4.78, 5) is 0. The topological polar surface area (TPSA) is 38.0 Å². The maximum absolute atomic E-state index is 6.12. The van der Waals surface area contributed by atoms with Gasteiger partial charge in [0.25, 0.3) is 0 Å². The predicted molar refractivity (Wildman–Crippen MR) is 64.8 cm³/mol. The first-order chi connectivity index (χ1) is 7.36. The van der Waals surface area contributed by atoms with Crippen LogP contribution in [0, 0.1) is 11.8 Å². The van der Waals surface area contributed by atoms with E-state index in [1.807, 2.05) is 0 Å². The Balaban J connectivity index is 1.52. The van der Waals surface area contributed by atoms with E-state index in [1.54, 1.807) is 0 Å². The normalized spacial score (nSPS) is 32.6. The van der Waals surface area contributed by atoms with Gasteiger partial charge >= 0.3 is 0 Å². The lowest BCUT2D eigenvalue weighted by atomic mass is 9.82. The molecule has 0 radical (unpaired) electrons. The largest absolute Gasteiger partial charge is 0.327 e. The summed E-state index contributed by atoms with van der Waals surface area (Å²) in [6.07, 6.45) is 11.1. The molecule has 0 aliphatic heterocycles. The predicted octanol–water partition coefficient (Wildman–Crippen LogP) is 2.28. The van der Waals surface area contributed by atoms with Crippen molar-refractivity contribution in [2.24, 2.45) is 17.6 Å². The zero-order valence-electron chi connectivity index (χ0n) is 9.88. The highest BCUT2D eigenvalue weighted by atomic mass is 14.9. The van der Waals surface area contributed by atoms with E-state index >= 15 is 0 Å². The van der Waals surface area contributed by atoms with Gasteiger partial charge in [-0.1, -0.05) is 32.1 Å². The van der Waals surface area contributed by atoms with E-state index < -0.39 is 0 Å². The van der Waals surface area contributed by atoms with E-state index in [1.165, 1.54) is 57.9 Å². The summed E-state index contributed by atoms with van der Waals surface area (Å²) in [5.74, 6) is 1.79. The van der Waals surface area contributed by atoms with Crippen LogP contribution in [0.3, 0.4) is 0 Å². The number of nitrogens with two attached hydrogens (primary N) is 1. The highest BCUT2D eigenvalue weighted by Gasteiger charge is 2.21. The molecular weight excluding hydrogens is 184 g/mol. The summed E-state index contributed by atoms with van der Waals surface area (Å²) in [5, 5.41) is 3.60. The van der Waals surface area contributed by atoms with Crippen LogP contribution >= 0.6 is 0 Å². The second kappa shape index (κ2) is 5.86. The van der Waals surface area contributed by atoms with Crippen LogP contribution in [0.2, 0.25) is 0 Å². The number of hydrogen-bond donors (Lipinski definition) is 2. The maximum atomic E-state index is 6.12. The highest BCUT2D eigenvalue weighted by molar-refractivity contribution is 4.79. The average molecular weight is 210 g/mol. The first-order valence-corrected chi connectivity index (χ1v) is 6.82. The molecule has 0 amide bonds. The number of nitrogens with one attached hydrogen (secondary N) is 1. The van der Waals surface area contributed by atoms with Gasteiger partial charge in [0.05, 0.1) is 0 Å². The van der Waals surface area contributed by atoms with Crippen LogP contribution in [0.1, 0.15) is 51.4 Å². The minimum Gasteiger partial charge on any atom is -0.327 e. The third kappa shape index (κ3) is 3.46. The van der Waals surface area contributed by atoms with Crippen molar-refractivity contribution in [3.05, 3.63) is 0 Å². The van der Waals surface area contributed by atoms with Crippen LogP contribution in [0.4, 0.5) is 0 Å². The third-order valence-electron chi connectivity index (χ3n) is 4.33. The van der Waals surface area contributed by atoms with Crippen LogP contribution in [-0.2, 0) is 0 Å². The quantitative estimate of drug-likeness (QED) is 0.683. The summed E-state index contributed by atoms with van der Waals surface area (Å²) in [6, 6.07) is 0.468. The van der Waals surface area contributed by atoms with E-state index in [0.717, 1.165) is 18.4 Å². The van der Waals surface area contributed by atoms with Gasteiger partial charge in [-0.25, -0.2) is 0 Å². The molecule has 2 atom stereocenters. The van der Waals surface area contributed by atoms with Gasteiger partial charge in [-0.05, 0) is 44.2 Å². The zero-order chi connectivity index (χ0) is 10.5. The van der Waals surface area contributed by atoms with Gasteiger partial charge in [-0.3, -0.25) is 0 Å². The second-order valence-corrected chi connectivity index (χ2v) is 5.50. The van der Waals surface area contributed by atoms with Crippen molar-refractivity contribution in [1.29, 1.82) is 0 Å². The van der Waals surface area contributed by atoms with Crippen LogP contribution in [-0.4, -0.2) is 19.1 Å². The molecule has 2 rings (SSSR count). The van der Waals surface area contributed by atoms with Gasteiger partial charge in [0.2, 0.25) is 0 Å². The molecule has 0 aromatic carbocycles. The van der Waals surface area contributed by atoms with Crippen molar-refractivity contribution in [2.75, 3.05) is 13.1 Å². The van der Waals surface area contributed by atoms with Gasteiger partial charge in [0, 0.05) is 6.04 Å². The smallest absolute Gasteiger partial charge is 0.00792 e. The monoisotopic (exact) mass is 210 g/mol. The lowest BCUT2D eigenvalue weighted by Gasteiger charge is -2.29. The third-order valence-corrected chi connectivity index (χ3v) is 4.33. The summed E-state index contributed by atoms with van der Waals surface area (Å²) < 4.78 is 0. The van der Waals surface area contributed by atoms with Crippen molar-refractivity contribution in [3.63, 3.8) is 0 Å². The Labute approximate surface area is 94.0 Å². The van der Waals surface area contributed by atoms with Crippen LogP contribution in [0.25, 0.3) is 0 Å². The molecule has 0 spiro atoms. The van der Waals surface area contributed by atoms with Crippen molar-refractivity contribution in [3.8, 4) is 0 Å². The Bertz CT molecular complexity index is 177. The Kier molecular flexibility index (Phi) is 4.45. The van der Waals surface area contributed by atoms with Gasteiger partial charge in [-0.2, -0.15) is 0 Å². The Morgan fingerprint density at radius 3 is 2.47 bits per heavy atom. The van der Waals surface area contributed by atoms with E-state index in [9.17, 15) is 0 Å². The van der Waals surface area contributed by atoms with Gasteiger partial charge in [-0.15, -0.1) is 0 Å². The minimum atomic E-state index is 0.468. The maximum Gasteiger partial charge on any atom is 0.00792 e. The first-order valence-electron chi connectivity index (χ1n) is 6.82. The van der Waals surface area contributed by atoms with Gasteiger partial charge in [0.1, 0.15) is 0 Å². The Hall–Kier alpha value is -0.0800. The molecule has 0 heterocycles. The summed E-state index contributed by atoms with van der Waals surface area (Å²) >= 11 is 0. The standard InChI is InChI=1S/C13H26N2/c14-13-7-2-1-6-12(13)10-15-9-8-11-4-3-5-11/h11-13,15H,1-10,14H2. The first kappa shape index (κ1) is 11.4. The molecule has 2 unspecified atom stereocenters. The molecule has 2 heteroatoms. The Morgan fingerprint density at radius 2 is 1.80 bits per heavy atom. The van der Waals surface area contributed by atoms with Gasteiger partial charge in [0.15, 0.2) is 0 Å². The molecule has 2 nitrogen and oxygen atoms in total. The molecule has 2 aliphatic rings. The molecule has 2 saturated carbocycles. The lowest BCUT2D eigenvalue weighted by molar-refractivity contribution is 0.271. The van der Waals surface area contributed by atoms with Crippen molar-refractivity contribution in [2.45, 2.75) is 57.4 Å². The van der Waals surface area contributed by atoms with Gasteiger partial charge < -0.3 is 11.1 Å². The number of hydrogen-bond acceptors (Lipinski definition) is 2. The zero-order valence-corrected chi connectivity index (χ0v) is 9.88. The molecule has 2 aliphatic carbocycles. The van der Waals surface area contributed by atoms with Crippen molar-refractivity contribution in [1.82, 2.24) is 5.32 Å². The SMILES string of the molecule is NC1CCCCC1CNCCC1CCC1. The molecular formula is C13H26N2. The minimum absolute atomic E-state index is 0.468. The van der Waals surface area contributed by atoms with Crippen LogP contribution in [0.5, 0.6) is 0 Å². The molecule has 0 saturated heterocycles. The van der Waals surface area contributed by atoms with E-state index in [2.05, 4.69) is 5.32 Å². The van der Waals surface area contributed by atoms with E-state index in [-0.39, 0.29) is 0 Å². The van der Waals surface area contributed by atoms with Crippen LogP contribution in [0.15, 0.2) is 0 Å². The molecule has 0 aromatic rings. The van der Waals surface area contributed by atoms with Crippen molar-refractivity contribution >= 4 is 0 Å². The van der Waals surface area contributed by atoms with E-state index in [0.29, 0.717) is 6.04 Å².